The molecule has 0 saturated heterocycles. The van der Waals surface area contributed by atoms with Crippen molar-refractivity contribution in [1.29, 1.82) is 0 Å². The molecule has 0 aliphatic heterocycles. The molecule has 0 aliphatic rings. The Bertz CT molecular complexity index is 506. The van der Waals surface area contributed by atoms with Crippen LogP contribution in [0.25, 0.3) is 0 Å². The maximum absolute atomic E-state index is 9.39. The van der Waals surface area contributed by atoms with Crippen molar-refractivity contribution in [2.24, 2.45) is 0 Å². The molecule has 17 heavy (non-hydrogen) atoms. The van der Waals surface area contributed by atoms with E-state index < -0.39 is 0 Å². The molecule has 2 rings (SSSR count). The normalized spacial score (nSPS) is 10.4. The van der Waals surface area contributed by atoms with Gasteiger partial charge < -0.3 is 10.2 Å². The maximum atomic E-state index is 9.39. The summed E-state index contributed by atoms with van der Waals surface area (Å²) in [7, 11) is 0. The van der Waals surface area contributed by atoms with Crippen LogP contribution in [0.5, 0.6) is 11.5 Å². The molecule has 88 valence electrons. The van der Waals surface area contributed by atoms with Crippen LogP contribution >= 0.6 is 0 Å². The van der Waals surface area contributed by atoms with Crippen molar-refractivity contribution in [1.82, 2.24) is 0 Å². The van der Waals surface area contributed by atoms with E-state index in [9.17, 15) is 10.2 Å². The molecule has 0 bridgehead atoms. The number of aryl methyl sites for hydroxylation is 1. The number of hydrogen-bond donors (Lipinski definition) is 2. The van der Waals surface area contributed by atoms with Crippen LogP contribution in [0.4, 0.5) is 0 Å². The SMILES string of the molecule is CCc1ccc(C[n+]2ccc(O)c(O)c2)cc1. The zero-order valence-electron chi connectivity index (χ0n) is 9.80. The predicted molar refractivity (Wildman–Crippen MR) is 64.9 cm³/mol. The second-order valence-electron chi connectivity index (χ2n) is 4.06. The maximum Gasteiger partial charge on any atom is 0.223 e. The zero-order chi connectivity index (χ0) is 12.3. The average Bonchev–Trinajstić information content (AvgIpc) is 2.35. The van der Waals surface area contributed by atoms with E-state index in [0.717, 1.165) is 12.0 Å². The highest BCUT2D eigenvalue weighted by atomic mass is 16.3. The van der Waals surface area contributed by atoms with Crippen molar-refractivity contribution >= 4 is 0 Å². The second-order valence-corrected chi connectivity index (χ2v) is 4.06. The molecule has 0 fully saturated rings. The highest BCUT2D eigenvalue weighted by Crippen LogP contribution is 2.19. The summed E-state index contributed by atoms with van der Waals surface area (Å²) in [5, 5.41) is 18.6. The summed E-state index contributed by atoms with van der Waals surface area (Å²) in [4.78, 5) is 0. The van der Waals surface area contributed by atoms with Gasteiger partial charge in [-0.05, 0) is 12.0 Å². The third kappa shape index (κ3) is 2.75. The molecule has 0 radical (unpaired) electrons. The van der Waals surface area contributed by atoms with Gasteiger partial charge in [-0.3, -0.25) is 0 Å². The number of pyridine rings is 1. The Balaban J connectivity index is 2.16. The Morgan fingerprint density at radius 1 is 0.941 bits per heavy atom. The summed E-state index contributed by atoms with van der Waals surface area (Å²) in [6.45, 7) is 2.81. The van der Waals surface area contributed by atoms with Gasteiger partial charge >= 0.3 is 0 Å². The first-order valence-corrected chi connectivity index (χ1v) is 5.68. The summed E-state index contributed by atoms with van der Waals surface area (Å²) in [5.41, 5.74) is 2.48. The topological polar surface area (TPSA) is 44.3 Å². The summed E-state index contributed by atoms with van der Waals surface area (Å²) in [5.74, 6) is -0.194. The molecule has 0 aliphatic carbocycles. The lowest BCUT2D eigenvalue weighted by Crippen LogP contribution is -2.32. The second kappa shape index (κ2) is 4.87. The smallest absolute Gasteiger partial charge is 0.223 e. The Labute approximate surface area is 101 Å². The van der Waals surface area contributed by atoms with Crippen LogP contribution in [0.2, 0.25) is 0 Å². The molecule has 1 aromatic carbocycles. The quantitative estimate of drug-likeness (QED) is 0.792. The minimum absolute atomic E-state index is 0.0948. The number of aromatic nitrogens is 1. The van der Waals surface area contributed by atoms with Gasteiger partial charge in [0.25, 0.3) is 0 Å². The number of aromatic hydroxyl groups is 2. The average molecular weight is 230 g/mol. The molecule has 0 spiro atoms. The van der Waals surface area contributed by atoms with Gasteiger partial charge in [-0.2, -0.15) is 4.57 Å². The van der Waals surface area contributed by atoms with Crippen LogP contribution in [-0.2, 0) is 13.0 Å². The summed E-state index contributed by atoms with van der Waals surface area (Å²) in [6, 6.07) is 9.85. The van der Waals surface area contributed by atoms with E-state index in [1.54, 1.807) is 6.20 Å². The van der Waals surface area contributed by atoms with Gasteiger partial charge in [0, 0.05) is 11.6 Å². The standard InChI is InChI=1S/C14H15NO2/c1-2-11-3-5-12(6-4-11)9-15-8-7-13(16)14(17)10-15/h3-8,10,17H,2,9H2,1H3/p+1. The monoisotopic (exact) mass is 230 g/mol. The lowest BCUT2D eigenvalue weighted by Gasteiger charge is -2.01. The first-order valence-electron chi connectivity index (χ1n) is 5.68. The largest absolute Gasteiger partial charge is 0.504 e. The molecule has 3 nitrogen and oxygen atoms in total. The van der Waals surface area contributed by atoms with E-state index in [-0.39, 0.29) is 11.5 Å². The molecule has 1 aromatic heterocycles. The van der Waals surface area contributed by atoms with Crippen LogP contribution in [0.1, 0.15) is 18.1 Å². The van der Waals surface area contributed by atoms with E-state index in [4.69, 9.17) is 0 Å². The van der Waals surface area contributed by atoms with Crippen LogP contribution in [0.15, 0.2) is 42.7 Å². The number of hydrogen-bond acceptors (Lipinski definition) is 2. The van der Waals surface area contributed by atoms with Crippen LogP contribution in [-0.4, -0.2) is 10.2 Å². The van der Waals surface area contributed by atoms with Crippen molar-refractivity contribution in [3.8, 4) is 11.5 Å². The molecule has 1 heterocycles. The Kier molecular flexibility index (Phi) is 3.28. The van der Waals surface area contributed by atoms with Crippen LogP contribution in [0.3, 0.4) is 0 Å². The van der Waals surface area contributed by atoms with Gasteiger partial charge in [-0.1, -0.05) is 31.2 Å². The van der Waals surface area contributed by atoms with E-state index in [0.29, 0.717) is 6.54 Å². The van der Waals surface area contributed by atoms with Gasteiger partial charge in [0.15, 0.2) is 18.5 Å². The highest BCUT2D eigenvalue weighted by molar-refractivity contribution is 5.31. The number of benzene rings is 1. The summed E-state index contributed by atoms with van der Waals surface area (Å²) in [6.07, 6.45) is 4.29. The molecule has 2 aromatic rings. The fourth-order valence-electron chi connectivity index (χ4n) is 1.71. The van der Waals surface area contributed by atoms with Gasteiger partial charge in [-0.25, -0.2) is 0 Å². The number of nitrogens with zero attached hydrogens (tertiary/aromatic N) is 1. The minimum atomic E-state index is -0.0994. The Hall–Kier alpha value is -2.03. The third-order valence-electron chi connectivity index (χ3n) is 2.77. The van der Waals surface area contributed by atoms with Crippen molar-refractivity contribution in [2.75, 3.05) is 0 Å². The van der Waals surface area contributed by atoms with Crippen molar-refractivity contribution in [3.05, 3.63) is 53.9 Å². The van der Waals surface area contributed by atoms with Crippen molar-refractivity contribution in [3.63, 3.8) is 0 Å². The molecule has 0 saturated carbocycles. The van der Waals surface area contributed by atoms with E-state index >= 15 is 0 Å². The molecule has 0 amide bonds. The highest BCUT2D eigenvalue weighted by Gasteiger charge is 2.07. The summed E-state index contributed by atoms with van der Waals surface area (Å²) < 4.78 is 1.83. The molecular weight excluding hydrogens is 214 g/mol. The minimum Gasteiger partial charge on any atom is -0.504 e. The fraction of sp³-hybridized carbons (Fsp3) is 0.214. The summed E-state index contributed by atoms with van der Waals surface area (Å²) >= 11 is 0. The van der Waals surface area contributed by atoms with E-state index in [1.165, 1.54) is 17.8 Å². The third-order valence-corrected chi connectivity index (χ3v) is 2.77. The van der Waals surface area contributed by atoms with E-state index in [1.807, 2.05) is 4.57 Å². The predicted octanol–water partition coefficient (Wildman–Crippen LogP) is 2.00. The van der Waals surface area contributed by atoms with Crippen molar-refractivity contribution < 1.29 is 14.8 Å². The lowest BCUT2D eigenvalue weighted by atomic mass is 10.1. The molecule has 0 atom stereocenters. The molecule has 3 heteroatoms. The fourth-order valence-corrected chi connectivity index (χ4v) is 1.71. The van der Waals surface area contributed by atoms with Crippen LogP contribution in [0, 0.1) is 0 Å². The van der Waals surface area contributed by atoms with Gasteiger partial charge in [0.05, 0.1) is 0 Å². The van der Waals surface area contributed by atoms with E-state index in [2.05, 4.69) is 31.2 Å². The van der Waals surface area contributed by atoms with Gasteiger partial charge in [0.1, 0.15) is 0 Å². The van der Waals surface area contributed by atoms with Gasteiger partial charge in [0.2, 0.25) is 11.9 Å². The van der Waals surface area contributed by atoms with Gasteiger partial charge in [-0.15, -0.1) is 0 Å². The zero-order valence-corrected chi connectivity index (χ0v) is 9.80. The molecule has 0 unspecified atom stereocenters. The Morgan fingerprint density at radius 3 is 2.18 bits per heavy atom. The first-order chi connectivity index (χ1) is 8.19. The number of rotatable bonds is 3. The van der Waals surface area contributed by atoms with Crippen LogP contribution < -0.4 is 4.57 Å². The first kappa shape index (κ1) is 11.5. The van der Waals surface area contributed by atoms with Crippen molar-refractivity contribution in [2.45, 2.75) is 19.9 Å². The lowest BCUT2D eigenvalue weighted by molar-refractivity contribution is -0.688. The molecular formula is C14H16NO2+. The molecule has 2 N–H and O–H groups in total. The Morgan fingerprint density at radius 2 is 1.59 bits per heavy atom.